The van der Waals surface area contributed by atoms with Crippen LogP contribution in [0.1, 0.15) is 23.6 Å². The van der Waals surface area contributed by atoms with Gasteiger partial charge in [0.1, 0.15) is 17.9 Å². The number of nitrogens with one attached hydrogen (secondary N) is 1. The Hall–Kier alpha value is -1.89. The molecule has 0 saturated carbocycles. The minimum Gasteiger partial charge on any atom is -0.508 e. The molecule has 0 amide bonds. The first kappa shape index (κ1) is 13.8. The molecule has 0 aliphatic heterocycles. The summed E-state index contributed by atoms with van der Waals surface area (Å²) in [5.74, 6) is 1.20. The maximum Gasteiger partial charge on any atom is 0.137 e. The lowest BCUT2D eigenvalue weighted by Gasteiger charge is -2.16. The molecule has 1 aliphatic rings. The predicted molar refractivity (Wildman–Crippen MR) is 95.0 cm³/mol. The molecule has 1 aromatic heterocycles. The van der Waals surface area contributed by atoms with Crippen molar-refractivity contribution >= 4 is 39.3 Å². The number of fused-ring (bicyclic) bond motifs is 2. The molecule has 4 nitrogen and oxygen atoms in total. The minimum atomic E-state index is 0.228. The minimum absolute atomic E-state index is 0.228. The molecule has 0 saturated heterocycles. The molecule has 1 aliphatic carbocycles. The van der Waals surface area contributed by atoms with Crippen LogP contribution in [0.15, 0.2) is 42.7 Å². The molecule has 110 valence electrons. The first-order valence-corrected chi connectivity index (χ1v) is 8.27. The number of rotatable bonds is 2. The number of phenols is 1. The number of aromatic nitrogens is 2. The third-order valence-corrected chi connectivity index (χ3v) is 4.78. The Morgan fingerprint density at radius 1 is 1.14 bits per heavy atom. The molecule has 4 rings (SSSR count). The topological polar surface area (TPSA) is 58.0 Å². The van der Waals surface area contributed by atoms with Crippen LogP contribution < -0.4 is 5.32 Å². The SMILES string of the molecule is Oc1ccc2c(c1)CCC2Nc1ncnc2ccc(I)cc12. The Morgan fingerprint density at radius 2 is 2.05 bits per heavy atom. The zero-order chi connectivity index (χ0) is 15.1. The fourth-order valence-corrected chi connectivity index (χ4v) is 3.55. The van der Waals surface area contributed by atoms with E-state index < -0.39 is 0 Å². The quantitative estimate of drug-likeness (QED) is 0.635. The standard InChI is InChI=1S/C17H14IN3O/c18-11-2-6-15-14(8-11)17(20-9-19-15)21-16-5-1-10-7-12(22)3-4-13(10)16/h2-4,6-9,16,22H,1,5H2,(H,19,20,21). The van der Waals surface area contributed by atoms with E-state index in [9.17, 15) is 5.11 Å². The van der Waals surface area contributed by atoms with Crippen LogP contribution in [-0.2, 0) is 6.42 Å². The van der Waals surface area contributed by atoms with E-state index in [2.05, 4.69) is 43.9 Å². The van der Waals surface area contributed by atoms with Crippen LogP contribution in [0.4, 0.5) is 5.82 Å². The van der Waals surface area contributed by atoms with Crippen LogP contribution in [0.5, 0.6) is 5.75 Å². The number of hydrogen-bond acceptors (Lipinski definition) is 4. The van der Waals surface area contributed by atoms with Crippen LogP contribution in [0.2, 0.25) is 0 Å². The van der Waals surface area contributed by atoms with Crippen LogP contribution in [-0.4, -0.2) is 15.1 Å². The molecule has 0 radical (unpaired) electrons. The van der Waals surface area contributed by atoms with E-state index in [4.69, 9.17) is 0 Å². The fraction of sp³-hybridized carbons (Fsp3) is 0.176. The second-order valence-electron chi connectivity index (χ2n) is 5.50. The summed E-state index contributed by atoms with van der Waals surface area (Å²) in [6, 6.07) is 12.0. The predicted octanol–water partition coefficient (Wildman–Crippen LogP) is 4.04. The lowest BCUT2D eigenvalue weighted by atomic mass is 10.1. The van der Waals surface area contributed by atoms with E-state index in [1.54, 1.807) is 12.4 Å². The summed E-state index contributed by atoms with van der Waals surface area (Å²) in [4.78, 5) is 8.75. The van der Waals surface area contributed by atoms with Gasteiger partial charge in [-0.1, -0.05) is 6.07 Å². The first-order chi connectivity index (χ1) is 10.7. The number of hydrogen-bond donors (Lipinski definition) is 2. The molecule has 22 heavy (non-hydrogen) atoms. The average molecular weight is 403 g/mol. The Labute approximate surface area is 141 Å². The number of anilines is 1. The number of aryl methyl sites for hydroxylation is 1. The molecule has 0 fully saturated rings. The van der Waals surface area contributed by atoms with Gasteiger partial charge < -0.3 is 10.4 Å². The zero-order valence-electron chi connectivity index (χ0n) is 11.8. The summed E-state index contributed by atoms with van der Waals surface area (Å²) in [5, 5.41) is 14.2. The molecule has 1 unspecified atom stereocenters. The van der Waals surface area contributed by atoms with Gasteiger partial charge in [-0.2, -0.15) is 0 Å². The van der Waals surface area contributed by atoms with Gasteiger partial charge in [0.2, 0.25) is 0 Å². The molecule has 2 N–H and O–H groups in total. The van der Waals surface area contributed by atoms with Crippen molar-refractivity contribution in [3.05, 3.63) is 57.4 Å². The van der Waals surface area contributed by atoms with Crippen molar-refractivity contribution in [1.29, 1.82) is 0 Å². The summed E-state index contributed by atoms with van der Waals surface area (Å²) in [6.07, 6.45) is 3.58. The van der Waals surface area contributed by atoms with Crippen molar-refractivity contribution in [2.45, 2.75) is 18.9 Å². The van der Waals surface area contributed by atoms with Crippen LogP contribution in [0.3, 0.4) is 0 Å². The van der Waals surface area contributed by atoms with E-state index in [0.29, 0.717) is 5.75 Å². The Balaban J connectivity index is 1.72. The van der Waals surface area contributed by atoms with Crippen molar-refractivity contribution in [3.63, 3.8) is 0 Å². The molecule has 3 aromatic rings. The maximum absolute atomic E-state index is 9.60. The first-order valence-electron chi connectivity index (χ1n) is 7.19. The van der Waals surface area contributed by atoms with E-state index in [0.717, 1.165) is 29.6 Å². The summed E-state index contributed by atoms with van der Waals surface area (Å²) >= 11 is 2.30. The van der Waals surface area contributed by atoms with E-state index in [1.807, 2.05) is 24.3 Å². The van der Waals surface area contributed by atoms with Gasteiger partial charge in [0, 0.05) is 8.96 Å². The molecule has 1 heterocycles. The van der Waals surface area contributed by atoms with Gasteiger partial charge in [-0.3, -0.25) is 0 Å². The molecule has 0 spiro atoms. The Kier molecular flexibility index (Phi) is 3.37. The highest BCUT2D eigenvalue weighted by molar-refractivity contribution is 14.1. The summed E-state index contributed by atoms with van der Waals surface area (Å²) in [5.41, 5.74) is 3.41. The number of phenolic OH excluding ortho intramolecular Hbond substituents is 1. The maximum atomic E-state index is 9.60. The van der Waals surface area contributed by atoms with Gasteiger partial charge in [0.25, 0.3) is 0 Å². The summed E-state index contributed by atoms with van der Waals surface area (Å²) in [7, 11) is 0. The van der Waals surface area contributed by atoms with Crippen LogP contribution >= 0.6 is 22.6 Å². The van der Waals surface area contributed by atoms with Crippen molar-refractivity contribution in [2.75, 3.05) is 5.32 Å². The largest absolute Gasteiger partial charge is 0.508 e. The second kappa shape index (κ2) is 5.39. The lowest BCUT2D eigenvalue weighted by molar-refractivity contribution is 0.474. The van der Waals surface area contributed by atoms with Gasteiger partial charge in [0.15, 0.2) is 0 Å². The number of aromatic hydroxyl groups is 1. The van der Waals surface area contributed by atoms with Gasteiger partial charge in [-0.15, -0.1) is 0 Å². The highest BCUT2D eigenvalue weighted by Gasteiger charge is 2.23. The number of halogens is 1. The average Bonchev–Trinajstić information content (AvgIpc) is 2.90. The lowest BCUT2D eigenvalue weighted by Crippen LogP contribution is -2.09. The van der Waals surface area contributed by atoms with Gasteiger partial charge in [-0.25, -0.2) is 9.97 Å². The molecular formula is C17H14IN3O. The number of nitrogens with zero attached hydrogens (tertiary/aromatic N) is 2. The van der Waals surface area contributed by atoms with Gasteiger partial charge in [-0.05, 0) is 76.9 Å². The highest BCUT2D eigenvalue weighted by atomic mass is 127. The monoisotopic (exact) mass is 403 g/mol. The third kappa shape index (κ3) is 2.39. The van der Waals surface area contributed by atoms with Crippen molar-refractivity contribution in [1.82, 2.24) is 9.97 Å². The second-order valence-corrected chi connectivity index (χ2v) is 6.75. The van der Waals surface area contributed by atoms with E-state index in [1.165, 1.54) is 14.7 Å². The van der Waals surface area contributed by atoms with Gasteiger partial charge >= 0.3 is 0 Å². The van der Waals surface area contributed by atoms with Crippen LogP contribution in [0, 0.1) is 3.57 Å². The van der Waals surface area contributed by atoms with Crippen molar-refractivity contribution < 1.29 is 5.11 Å². The number of benzene rings is 2. The Morgan fingerprint density at radius 3 is 2.95 bits per heavy atom. The van der Waals surface area contributed by atoms with Crippen molar-refractivity contribution in [2.24, 2.45) is 0 Å². The Bertz CT molecular complexity index is 866. The molecule has 0 bridgehead atoms. The highest BCUT2D eigenvalue weighted by Crippen LogP contribution is 2.36. The van der Waals surface area contributed by atoms with Crippen LogP contribution in [0.25, 0.3) is 10.9 Å². The molecule has 1 atom stereocenters. The summed E-state index contributed by atoms with van der Waals surface area (Å²) < 4.78 is 1.17. The molecular weight excluding hydrogens is 389 g/mol. The van der Waals surface area contributed by atoms with Crippen molar-refractivity contribution in [3.8, 4) is 5.75 Å². The normalized spacial score (nSPS) is 16.7. The fourth-order valence-electron chi connectivity index (χ4n) is 3.06. The molecule has 5 heteroatoms. The molecule has 2 aromatic carbocycles. The van der Waals surface area contributed by atoms with E-state index in [-0.39, 0.29) is 6.04 Å². The zero-order valence-corrected chi connectivity index (χ0v) is 13.9. The van der Waals surface area contributed by atoms with E-state index >= 15 is 0 Å². The van der Waals surface area contributed by atoms with Gasteiger partial charge in [0.05, 0.1) is 11.6 Å². The smallest absolute Gasteiger partial charge is 0.137 e. The third-order valence-electron chi connectivity index (χ3n) is 4.11. The summed E-state index contributed by atoms with van der Waals surface area (Å²) in [6.45, 7) is 0.